The van der Waals surface area contributed by atoms with Crippen LogP contribution < -0.4 is 0 Å². The fraction of sp³-hybridized carbons (Fsp3) is 0.526. The number of pyridine rings is 1. The lowest BCUT2D eigenvalue weighted by atomic mass is 9.81. The van der Waals surface area contributed by atoms with Crippen LogP contribution >= 0.6 is 0 Å². The topological polar surface area (TPSA) is 119 Å². The van der Waals surface area contributed by atoms with E-state index in [1.54, 1.807) is 18.5 Å². The molecule has 0 bridgehead atoms. The predicted molar refractivity (Wildman–Crippen MR) is 97.9 cm³/mol. The average molecular weight is 442 g/mol. The number of aryl methyl sites for hydroxylation is 1. The normalized spacial score (nSPS) is 23.0. The summed E-state index contributed by atoms with van der Waals surface area (Å²) in [6, 6.07) is 3.60. The number of ether oxygens (including phenoxy) is 1. The molecule has 0 aromatic carbocycles. The van der Waals surface area contributed by atoms with E-state index in [9.17, 15) is 18.0 Å². The fourth-order valence-corrected chi connectivity index (χ4v) is 3.80. The molecule has 12 heteroatoms. The SMILES string of the molecule is Cc1noc(C[C@@H]2COC[C@H]3CN(C(=O)c4cccnc4)C[C@@H]23)n1.O=C(O)C(F)(F)F. The molecule has 2 aliphatic heterocycles. The van der Waals surface area contributed by atoms with Crippen molar-refractivity contribution in [1.82, 2.24) is 20.0 Å². The summed E-state index contributed by atoms with van der Waals surface area (Å²) in [7, 11) is 0. The van der Waals surface area contributed by atoms with Crippen LogP contribution in [0.25, 0.3) is 0 Å². The number of fused-ring (bicyclic) bond motifs is 1. The van der Waals surface area contributed by atoms with E-state index in [0.717, 1.165) is 13.1 Å². The van der Waals surface area contributed by atoms with Crippen LogP contribution in [0.15, 0.2) is 29.0 Å². The van der Waals surface area contributed by atoms with Crippen molar-refractivity contribution in [1.29, 1.82) is 0 Å². The van der Waals surface area contributed by atoms with Gasteiger partial charge in [-0.2, -0.15) is 18.2 Å². The molecular formula is C19H21F3N4O5. The van der Waals surface area contributed by atoms with E-state index >= 15 is 0 Å². The maximum absolute atomic E-state index is 12.7. The first-order chi connectivity index (χ1) is 14.6. The first-order valence-electron chi connectivity index (χ1n) is 9.51. The van der Waals surface area contributed by atoms with Gasteiger partial charge in [0.1, 0.15) is 0 Å². The van der Waals surface area contributed by atoms with Crippen LogP contribution in [-0.2, 0) is 16.0 Å². The Balaban J connectivity index is 0.000000339. The highest BCUT2D eigenvalue weighted by molar-refractivity contribution is 5.94. The third-order valence-corrected chi connectivity index (χ3v) is 5.21. The maximum Gasteiger partial charge on any atom is 0.490 e. The van der Waals surface area contributed by atoms with Gasteiger partial charge in [0.15, 0.2) is 5.82 Å². The molecule has 1 amide bonds. The van der Waals surface area contributed by atoms with Gasteiger partial charge < -0.3 is 19.3 Å². The summed E-state index contributed by atoms with van der Waals surface area (Å²) in [5.74, 6) is -0.329. The van der Waals surface area contributed by atoms with Crippen LogP contribution in [0.3, 0.4) is 0 Å². The van der Waals surface area contributed by atoms with Crippen LogP contribution in [0.2, 0.25) is 0 Å². The Morgan fingerprint density at radius 3 is 2.61 bits per heavy atom. The van der Waals surface area contributed by atoms with Crippen LogP contribution in [0, 0.1) is 24.7 Å². The number of carbonyl (C=O) groups excluding carboxylic acids is 1. The first-order valence-corrected chi connectivity index (χ1v) is 9.51. The minimum atomic E-state index is -5.08. The quantitative estimate of drug-likeness (QED) is 0.767. The Kier molecular flexibility index (Phi) is 6.88. The number of alkyl halides is 3. The third-order valence-electron chi connectivity index (χ3n) is 5.21. The second-order valence-electron chi connectivity index (χ2n) is 7.42. The number of aliphatic carboxylic acids is 1. The zero-order valence-electron chi connectivity index (χ0n) is 16.6. The number of amides is 1. The molecule has 2 aliphatic rings. The molecule has 0 saturated carbocycles. The molecule has 2 aromatic heterocycles. The van der Waals surface area contributed by atoms with Gasteiger partial charge >= 0.3 is 12.1 Å². The standard InChI is InChI=1S/C17H20N4O3.C2HF3O2/c1-11-19-16(24-20-11)5-13-9-23-10-14-7-21(8-15(13)14)17(22)12-3-2-4-18-6-12;3-2(4,5)1(6)7/h2-4,6,13-15H,5,7-10H2,1H3;(H,6,7)/t13-,14-,15+;/m1./s1. The second-order valence-corrected chi connectivity index (χ2v) is 7.42. The first kappa shape index (κ1) is 22.7. The number of carboxylic acids is 1. The Morgan fingerprint density at radius 1 is 1.29 bits per heavy atom. The van der Waals surface area contributed by atoms with Crippen LogP contribution in [0.1, 0.15) is 22.1 Å². The van der Waals surface area contributed by atoms with Crippen molar-refractivity contribution in [3.63, 3.8) is 0 Å². The van der Waals surface area contributed by atoms with E-state index in [1.165, 1.54) is 0 Å². The molecule has 1 N–H and O–H groups in total. The van der Waals surface area contributed by atoms with Gasteiger partial charge in [0.05, 0.1) is 18.8 Å². The number of halogens is 3. The highest BCUT2D eigenvalue weighted by Gasteiger charge is 2.43. The zero-order chi connectivity index (χ0) is 22.6. The predicted octanol–water partition coefficient (Wildman–Crippen LogP) is 1.98. The fourth-order valence-electron chi connectivity index (χ4n) is 3.80. The molecule has 2 fully saturated rings. The number of rotatable bonds is 3. The van der Waals surface area contributed by atoms with Gasteiger partial charge in [0.2, 0.25) is 5.89 Å². The van der Waals surface area contributed by atoms with E-state index in [1.807, 2.05) is 17.9 Å². The van der Waals surface area contributed by atoms with Crippen molar-refractivity contribution in [2.45, 2.75) is 19.5 Å². The Bertz CT molecular complexity index is 905. The van der Waals surface area contributed by atoms with E-state index in [2.05, 4.69) is 15.1 Å². The van der Waals surface area contributed by atoms with Crippen molar-refractivity contribution in [2.75, 3.05) is 26.3 Å². The summed E-state index contributed by atoms with van der Waals surface area (Å²) in [5.41, 5.74) is 0.640. The molecule has 2 saturated heterocycles. The van der Waals surface area contributed by atoms with Gasteiger partial charge in [-0.15, -0.1) is 0 Å². The van der Waals surface area contributed by atoms with Crippen molar-refractivity contribution in [3.8, 4) is 0 Å². The van der Waals surface area contributed by atoms with Gasteiger partial charge in [0.25, 0.3) is 5.91 Å². The molecule has 9 nitrogen and oxygen atoms in total. The number of hydrogen-bond donors (Lipinski definition) is 1. The van der Waals surface area contributed by atoms with Crippen molar-refractivity contribution in [3.05, 3.63) is 41.8 Å². The van der Waals surface area contributed by atoms with E-state index in [-0.39, 0.29) is 5.91 Å². The van der Waals surface area contributed by atoms with Gasteiger partial charge in [-0.05, 0) is 30.9 Å². The lowest BCUT2D eigenvalue weighted by Gasteiger charge is -2.31. The minimum Gasteiger partial charge on any atom is -0.475 e. The van der Waals surface area contributed by atoms with Gasteiger partial charge in [-0.3, -0.25) is 9.78 Å². The summed E-state index contributed by atoms with van der Waals surface area (Å²) >= 11 is 0. The van der Waals surface area contributed by atoms with E-state index < -0.39 is 12.1 Å². The lowest BCUT2D eigenvalue weighted by molar-refractivity contribution is -0.192. The minimum absolute atomic E-state index is 0.0462. The third kappa shape index (κ3) is 5.78. The number of aromatic nitrogens is 3. The largest absolute Gasteiger partial charge is 0.490 e. The number of carboxylic acid groups (broad SMARTS) is 1. The summed E-state index contributed by atoms with van der Waals surface area (Å²) in [6.07, 6.45) is -1.08. The molecule has 0 aliphatic carbocycles. The van der Waals surface area contributed by atoms with Gasteiger partial charge in [-0.1, -0.05) is 5.16 Å². The Morgan fingerprint density at radius 2 is 2.03 bits per heavy atom. The molecule has 3 atom stereocenters. The number of hydrogen-bond acceptors (Lipinski definition) is 7. The number of carbonyl (C=O) groups is 2. The Hall–Kier alpha value is -3.02. The maximum atomic E-state index is 12.7. The number of nitrogens with zero attached hydrogens (tertiary/aromatic N) is 4. The molecule has 31 heavy (non-hydrogen) atoms. The molecular weight excluding hydrogens is 421 g/mol. The highest BCUT2D eigenvalue weighted by atomic mass is 19.4. The summed E-state index contributed by atoms with van der Waals surface area (Å²) < 4.78 is 42.8. The number of likely N-dealkylation sites (tertiary alicyclic amines) is 1. The van der Waals surface area contributed by atoms with Crippen LogP contribution in [0.4, 0.5) is 13.2 Å². The lowest BCUT2D eigenvalue weighted by Crippen LogP contribution is -2.36. The molecule has 0 unspecified atom stereocenters. The molecule has 0 spiro atoms. The molecule has 168 valence electrons. The van der Waals surface area contributed by atoms with Crippen molar-refractivity contribution >= 4 is 11.9 Å². The summed E-state index contributed by atoms with van der Waals surface area (Å²) in [4.78, 5) is 31.8. The smallest absolute Gasteiger partial charge is 0.475 e. The molecule has 4 heterocycles. The summed E-state index contributed by atoms with van der Waals surface area (Å²) in [6.45, 7) is 4.69. The van der Waals surface area contributed by atoms with Crippen LogP contribution in [0.5, 0.6) is 0 Å². The average Bonchev–Trinajstić information content (AvgIpc) is 3.34. The highest BCUT2D eigenvalue weighted by Crippen LogP contribution is 2.36. The van der Waals surface area contributed by atoms with E-state index in [0.29, 0.717) is 54.7 Å². The molecule has 0 radical (unpaired) electrons. The summed E-state index contributed by atoms with van der Waals surface area (Å²) in [5, 5.41) is 11.0. The molecule has 4 rings (SSSR count). The van der Waals surface area contributed by atoms with Gasteiger partial charge in [0, 0.05) is 37.8 Å². The van der Waals surface area contributed by atoms with Gasteiger partial charge in [-0.25, -0.2) is 4.79 Å². The van der Waals surface area contributed by atoms with Crippen LogP contribution in [-0.4, -0.2) is 69.5 Å². The van der Waals surface area contributed by atoms with Crippen molar-refractivity contribution < 1.29 is 37.1 Å². The van der Waals surface area contributed by atoms with E-state index in [4.69, 9.17) is 19.2 Å². The second kappa shape index (κ2) is 9.41. The Labute approximate surface area is 175 Å². The molecule has 2 aromatic rings. The monoisotopic (exact) mass is 442 g/mol. The van der Waals surface area contributed by atoms with Crippen molar-refractivity contribution in [2.24, 2.45) is 17.8 Å². The zero-order valence-corrected chi connectivity index (χ0v) is 16.6.